The van der Waals surface area contributed by atoms with E-state index in [0.29, 0.717) is 17.0 Å². The molecule has 3 rings (SSSR count). The van der Waals surface area contributed by atoms with Gasteiger partial charge in [-0.25, -0.2) is 0 Å². The molecule has 1 aliphatic carbocycles. The maximum atomic E-state index is 13.4. The molecule has 158 valence electrons. The molecule has 1 unspecified atom stereocenters. The van der Waals surface area contributed by atoms with Crippen LogP contribution in [0.5, 0.6) is 0 Å². The molecule has 0 aliphatic heterocycles. The molecular weight excluding hydrogens is 410 g/mol. The van der Waals surface area contributed by atoms with Crippen molar-refractivity contribution in [2.24, 2.45) is 0 Å². The van der Waals surface area contributed by atoms with Crippen LogP contribution in [0.15, 0.2) is 53.4 Å². The lowest BCUT2D eigenvalue weighted by Crippen LogP contribution is -2.21. The smallest absolute Gasteiger partial charge is 0.296 e. The Kier molecular flexibility index (Phi) is 8.07. The number of thioether (sulfide) groups is 1. The fraction of sp³-hybridized carbons (Fsp3) is 0.478. The summed E-state index contributed by atoms with van der Waals surface area (Å²) in [5, 5.41) is 2.83. The van der Waals surface area contributed by atoms with E-state index in [9.17, 15) is 13.2 Å². The number of halogens is 3. The Morgan fingerprint density at radius 3 is 2.38 bits per heavy atom. The van der Waals surface area contributed by atoms with Gasteiger partial charge in [0.25, 0.3) is 0 Å². The lowest BCUT2D eigenvalue weighted by molar-refractivity contribution is -0.139. The largest absolute Gasteiger partial charge is 0.417 e. The molecule has 0 amide bonds. The Labute approximate surface area is 178 Å². The minimum atomic E-state index is -4.32. The van der Waals surface area contributed by atoms with Gasteiger partial charge in [-0.15, -0.1) is 11.8 Å². The first-order valence-electron chi connectivity index (χ1n) is 10.3. The van der Waals surface area contributed by atoms with Crippen molar-refractivity contribution in [3.63, 3.8) is 0 Å². The third-order valence-electron chi connectivity index (χ3n) is 5.91. The monoisotopic (exact) mass is 439 g/mol. The van der Waals surface area contributed by atoms with Crippen LogP contribution in [-0.4, -0.2) is 5.75 Å². The Bertz CT molecular complexity index is 773. The van der Waals surface area contributed by atoms with Crippen molar-refractivity contribution >= 4 is 21.2 Å². The average Bonchev–Trinajstić information content (AvgIpc) is 3.19. The molecule has 0 radical (unpaired) electrons. The van der Waals surface area contributed by atoms with E-state index in [1.54, 1.807) is 12.1 Å². The predicted octanol–water partition coefficient (Wildman–Crippen LogP) is 7.36. The fourth-order valence-electron chi connectivity index (χ4n) is 4.43. The topological polar surface area (TPSA) is 12.0 Å². The van der Waals surface area contributed by atoms with Crippen LogP contribution >= 0.6 is 21.2 Å². The van der Waals surface area contributed by atoms with Crippen LogP contribution in [0.3, 0.4) is 0 Å². The summed E-state index contributed by atoms with van der Waals surface area (Å²) in [4.78, 5) is 0.337. The van der Waals surface area contributed by atoms with Crippen LogP contribution in [0.4, 0.5) is 13.2 Å². The van der Waals surface area contributed by atoms with Crippen LogP contribution in [0.1, 0.15) is 61.6 Å². The van der Waals surface area contributed by atoms with E-state index >= 15 is 0 Å². The van der Waals surface area contributed by atoms with Crippen molar-refractivity contribution in [3.05, 3.63) is 65.2 Å². The summed E-state index contributed by atoms with van der Waals surface area (Å²) in [7, 11) is 2.32. The quantitative estimate of drug-likeness (QED) is 0.249. The second-order valence-electron chi connectivity index (χ2n) is 7.87. The van der Waals surface area contributed by atoms with Crippen molar-refractivity contribution in [2.45, 2.75) is 68.0 Å². The number of rotatable bonds is 9. The Balaban J connectivity index is 1.56. The number of unbranched alkanes of at least 4 members (excludes halogenated alkanes) is 1. The summed E-state index contributed by atoms with van der Waals surface area (Å²) < 4.78 is 40.3. The van der Waals surface area contributed by atoms with Gasteiger partial charge in [0, 0.05) is 11.4 Å². The second kappa shape index (κ2) is 10.3. The van der Waals surface area contributed by atoms with Crippen LogP contribution in [0, 0.1) is 0 Å². The summed E-state index contributed by atoms with van der Waals surface area (Å²) in [6.07, 6.45) is 3.81. The minimum Gasteiger partial charge on any atom is -0.296 e. The van der Waals surface area contributed by atoms with Gasteiger partial charge in [-0.1, -0.05) is 65.1 Å². The van der Waals surface area contributed by atoms with Crippen LogP contribution in [0.2, 0.25) is 0 Å². The van der Waals surface area contributed by atoms with Gasteiger partial charge < -0.3 is 0 Å². The Morgan fingerprint density at radius 1 is 1.00 bits per heavy atom. The number of nitrogens with one attached hydrogen (secondary N) is 1. The summed E-state index contributed by atoms with van der Waals surface area (Å²) in [6, 6.07) is 15.4. The van der Waals surface area contributed by atoms with Crippen LogP contribution < -0.4 is 5.09 Å². The molecule has 1 nitrogen and oxygen atoms in total. The van der Waals surface area contributed by atoms with E-state index in [1.807, 2.05) is 0 Å². The van der Waals surface area contributed by atoms with Crippen molar-refractivity contribution < 1.29 is 13.2 Å². The predicted molar refractivity (Wildman–Crippen MR) is 119 cm³/mol. The minimum absolute atomic E-state index is 0.274. The first kappa shape index (κ1) is 22.7. The van der Waals surface area contributed by atoms with E-state index in [-0.39, 0.29) is 5.41 Å². The van der Waals surface area contributed by atoms with Gasteiger partial charge in [0.2, 0.25) is 0 Å². The highest BCUT2D eigenvalue weighted by Crippen LogP contribution is 2.45. The first-order valence-corrected chi connectivity index (χ1v) is 11.8. The third kappa shape index (κ3) is 5.99. The molecular formula is C23H29F3NPS. The van der Waals surface area contributed by atoms with Crippen LogP contribution in [0.25, 0.3) is 0 Å². The Hall–Kier alpha value is -1.03. The number of alkyl halides is 3. The van der Waals surface area contributed by atoms with Crippen molar-refractivity contribution in [2.75, 3.05) is 5.75 Å². The van der Waals surface area contributed by atoms with Crippen molar-refractivity contribution in [1.82, 2.24) is 5.09 Å². The van der Waals surface area contributed by atoms with Gasteiger partial charge >= 0.3 is 6.18 Å². The molecule has 1 fully saturated rings. The number of hydrogen-bond acceptors (Lipinski definition) is 2. The third-order valence-corrected chi connectivity index (χ3v) is 7.27. The maximum Gasteiger partial charge on any atom is 0.417 e. The zero-order valence-electron chi connectivity index (χ0n) is 16.6. The summed E-state index contributed by atoms with van der Waals surface area (Å²) in [6.45, 7) is 0.403. The molecule has 0 spiro atoms. The molecule has 1 saturated carbocycles. The molecule has 2 aromatic rings. The van der Waals surface area contributed by atoms with E-state index in [2.05, 4.69) is 44.8 Å². The molecule has 1 atom stereocenters. The lowest BCUT2D eigenvalue weighted by Gasteiger charge is -2.30. The second-order valence-corrected chi connectivity index (χ2v) is 9.41. The molecule has 1 aliphatic rings. The van der Waals surface area contributed by atoms with Gasteiger partial charge in [0.05, 0.1) is 5.56 Å². The maximum absolute atomic E-state index is 13.4. The van der Waals surface area contributed by atoms with Gasteiger partial charge in [0.1, 0.15) is 0 Å². The number of hydrogen-bond donors (Lipinski definition) is 1. The zero-order chi connectivity index (χ0) is 20.7. The van der Waals surface area contributed by atoms with Crippen molar-refractivity contribution in [1.29, 1.82) is 0 Å². The van der Waals surface area contributed by atoms with Crippen LogP contribution in [-0.2, 0) is 18.1 Å². The first-order chi connectivity index (χ1) is 13.9. The normalized spacial score (nSPS) is 16.3. The SMILES string of the molecule is FC(F)(F)c1cc(CNP)ccc1SCCCCC1(c2ccccc2)CCCC1. The van der Waals surface area contributed by atoms with E-state index in [0.717, 1.165) is 25.0 Å². The summed E-state index contributed by atoms with van der Waals surface area (Å²) in [5.41, 5.74) is 1.83. The van der Waals surface area contributed by atoms with Crippen molar-refractivity contribution in [3.8, 4) is 0 Å². The summed E-state index contributed by atoms with van der Waals surface area (Å²) >= 11 is 1.33. The fourth-order valence-corrected chi connectivity index (χ4v) is 5.72. The molecule has 29 heavy (non-hydrogen) atoms. The standard InChI is InChI=1S/C23H29F3NPS/c24-23(25,26)20-16-18(17-27-28)10-11-21(20)29-15-7-6-14-22(12-4-5-13-22)19-8-2-1-3-9-19/h1-3,8-11,16,27H,4-7,12-15,17,28H2. The van der Waals surface area contributed by atoms with E-state index in [4.69, 9.17) is 0 Å². The highest BCUT2D eigenvalue weighted by atomic mass is 32.2. The highest BCUT2D eigenvalue weighted by molar-refractivity contribution is 7.99. The Morgan fingerprint density at radius 2 is 1.72 bits per heavy atom. The molecule has 0 aromatic heterocycles. The molecule has 0 bridgehead atoms. The van der Waals surface area contributed by atoms with Gasteiger partial charge in [0.15, 0.2) is 0 Å². The van der Waals surface area contributed by atoms with Gasteiger partial charge in [-0.2, -0.15) is 13.2 Å². The molecule has 2 aromatic carbocycles. The van der Waals surface area contributed by atoms with Gasteiger partial charge in [-0.05, 0) is 60.1 Å². The molecule has 0 saturated heterocycles. The van der Waals surface area contributed by atoms with E-state index < -0.39 is 11.7 Å². The average molecular weight is 440 g/mol. The van der Waals surface area contributed by atoms with Gasteiger partial charge in [-0.3, -0.25) is 5.09 Å². The summed E-state index contributed by atoms with van der Waals surface area (Å²) in [5.74, 6) is 0.717. The molecule has 0 heterocycles. The van der Waals surface area contributed by atoms with E-state index in [1.165, 1.54) is 49.1 Å². The molecule has 1 N–H and O–H groups in total. The lowest BCUT2D eigenvalue weighted by atomic mass is 9.75. The highest BCUT2D eigenvalue weighted by Gasteiger charge is 2.35. The molecule has 6 heteroatoms. The zero-order valence-corrected chi connectivity index (χ0v) is 18.6. The number of benzene rings is 2.